The van der Waals surface area contributed by atoms with Crippen LogP contribution >= 0.6 is 0 Å². The fourth-order valence-electron chi connectivity index (χ4n) is 3.77. The Kier molecular flexibility index (Phi) is 3.56. The standard InChI is InChI=1S/C18H16F3N5O2/c1-9-15-11(8-12(10-2-3-10)23-16(15)28-24-9)17(27)25-7-5-13(18(19,20)21)26-14(25)4-6-22-26/h4,6,8,10,13H,2-3,5,7H2,1H3/t13-/m0/s1. The summed E-state index contributed by atoms with van der Waals surface area (Å²) in [6.45, 7) is 1.66. The normalized spacial score (nSPS) is 19.9. The van der Waals surface area contributed by atoms with Crippen LogP contribution in [0.3, 0.4) is 0 Å². The third kappa shape index (κ3) is 2.58. The summed E-state index contributed by atoms with van der Waals surface area (Å²) in [5, 5.41) is 8.22. The third-order valence-corrected chi connectivity index (χ3v) is 5.33. The van der Waals surface area contributed by atoms with Gasteiger partial charge in [0.05, 0.1) is 22.8 Å². The zero-order chi connectivity index (χ0) is 19.6. The molecule has 1 saturated carbocycles. The number of aryl methyl sites for hydroxylation is 1. The number of fused-ring (bicyclic) bond motifs is 2. The molecule has 1 fully saturated rings. The van der Waals surface area contributed by atoms with Crippen LogP contribution in [0, 0.1) is 6.92 Å². The Morgan fingerprint density at radius 2 is 2.07 bits per heavy atom. The smallest absolute Gasteiger partial charge is 0.336 e. The second-order valence-electron chi connectivity index (χ2n) is 7.25. The molecule has 1 aliphatic heterocycles. The third-order valence-electron chi connectivity index (χ3n) is 5.33. The van der Waals surface area contributed by atoms with Gasteiger partial charge in [-0.3, -0.25) is 9.69 Å². The predicted octanol–water partition coefficient (Wildman–Crippen LogP) is 3.76. The van der Waals surface area contributed by atoms with Crippen molar-refractivity contribution in [3.05, 3.63) is 35.3 Å². The van der Waals surface area contributed by atoms with E-state index in [-0.39, 0.29) is 30.4 Å². The predicted molar refractivity (Wildman–Crippen MR) is 92.1 cm³/mol. The lowest BCUT2D eigenvalue weighted by Gasteiger charge is -2.34. The van der Waals surface area contributed by atoms with Gasteiger partial charge < -0.3 is 4.52 Å². The monoisotopic (exact) mass is 391 g/mol. The van der Waals surface area contributed by atoms with Crippen LogP contribution < -0.4 is 4.90 Å². The summed E-state index contributed by atoms with van der Waals surface area (Å²) in [7, 11) is 0. The first-order valence-corrected chi connectivity index (χ1v) is 9.03. The second-order valence-corrected chi connectivity index (χ2v) is 7.25. The number of carbonyl (C=O) groups is 1. The lowest BCUT2D eigenvalue weighted by Crippen LogP contribution is -2.43. The van der Waals surface area contributed by atoms with E-state index in [9.17, 15) is 18.0 Å². The molecule has 0 N–H and O–H groups in total. The number of alkyl halides is 3. The number of halogens is 3. The fourth-order valence-corrected chi connectivity index (χ4v) is 3.77. The molecule has 1 aliphatic carbocycles. The van der Waals surface area contributed by atoms with Gasteiger partial charge in [-0.25, -0.2) is 9.67 Å². The van der Waals surface area contributed by atoms with Crippen LogP contribution in [0.4, 0.5) is 19.0 Å². The Hall–Kier alpha value is -2.91. The molecule has 0 saturated heterocycles. The Labute approximate surface area is 157 Å². The summed E-state index contributed by atoms with van der Waals surface area (Å²) in [6.07, 6.45) is -1.42. The minimum atomic E-state index is -4.43. The van der Waals surface area contributed by atoms with E-state index >= 15 is 0 Å². The van der Waals surface area contributed by atoms with Gasteiger partial charge in [-0.05, 0) is 32.3 Å². The highest BCUT2D eigenvalue weighted by molar-refractivity contribution is 6.13. The number of hydrogen-bond acceptors (Lipinski definition) is 5. The van der Waals surface area contributed by atoms with Crippen molar-refractivity contribution in [3.63, 3.8) is 0 Å². The van der Waals surface area contributed by atoms with Crippen molar-refractivity contribution >= 4 is 22.8 Å². The molecule has 0 unspecified atom stereocenters. The number of anilines is 1. The van der Waals surface area contributed by atoms with Gasteiger partial charge in [-0.2, -0.15) is 18.3 Å². The fraction of sp³-hybridized carbons (Fsp3) is 0.444. The van der Waals surface area contributed by atoms with Crippen molar-refractivity contribution in [2.75, 3.05) is 11.4 Å². The largest absolute Gasteiger partial charge is 0.410 e. The first-order valence-electron chi connectivity index (χ1n) is 9.03. The number of pyridine rings is 1. The van der Waals surface area contributed by atoms with E-state index in [2.05, 4.69) is 15.2 Å². The highest BCUT2D eigenvalue weighted by Crippen LogP contribution is 2.42. The molecule has 146 valence electrons. The highest BCUT2D eigenvalue weighted by Gasteiger charge is 2.46. The number of rotatable bonds is 2. The van der Waals surface area contributed by atoms with Gasteiger partial charge in [0.25, 0.3) is 11.6 Å². The van der Waals surface area contributed by atoms with Crippen molar-refractivity contribution in [1.82, 2.24) is 19.9 Å². The molecule has 5 rings (SSSR count). The van der Waals surface area contributed by atoms with E-state index < -0.39 is 18.1 Å². The maximum atomic E-state index is 13.4. The molecule has 7 nitrogen and oxygen atoms in total. The van der Waals surface area contributed by atoms with Gasteiger partial charge in [0.1, 0.15) is 5.82 Å². The summed E-state index contributed by atoms with van der Waals surface area (Å²) >= 11 is 0. The van der Waals surface area contributed by atoms with E-state index in [4.69, 9.17) is 4.52 Å². The number of carbonyl (C=O) groups excluding carboxylic acids is 1. The zero-order valence-electron chi connectivity index (χ0n) is 14.9. The van der Waals surface area contributed by atoms with Crippen LogP contribution in [0.5, 0.6) is 0 Å². The van der Waals surface area contributed by atoms with Crippen LogP contribution in [-0.4, -0.2) is 38.5 Å². The SMILES string of the molecule is Cc1noc2nc(C3CC3)cc(C(=O)N3CC[C@@H](C(F)(F)F)n4nccc43)c12. The van der Waals surface area contributed by atoms with Gasteiger partial charge in [0.2, 0.25) is 0 Å². The molecule has 0 bridgehead atoms. The molecule has 0 spiro atoms. The van der Waals surface area contributed by atoms with Gasteiger partial charge in [-0.1, -0.05) is 5.16 Å². The van der Waals surface area contributed by atoms with Crippen LogP contribution in [-0.2, 0) is 0 Å². The molecule has 28 heavy (non-hydrogen) atoms. The molecule has 1 atom stereocenters. The maximum absolute atomic E-state index is 13.4. The van der Waals surface area contributed by atoms with E-state index in [1.54, 1.807) is 13.0 Å². The molecule has 10 heteroatoms. The van der Waals surface area contributed by atoms with Crippen LogP contribution in [0.2, 0.25) is 0 Å². The Morgan fingerprint density at radius 3 is 2.79 bits per heavy atom. The number of aromatic nitrogens is 4. The summed E-state index contributed by atoms with van der Waals surface area (Å²) in [5.41, 5.74) is 1.91. The van der Waals surface area contributed by atoms with Crippen LogP contribution in [0.15, 0.2) is 22.9 Å². The van der Waals surface area contributed by atoms with Crippen molar-refractivity contribution in [1.29, 1.82) is 0 Å². The Morgan fingerprint density at radius 1 is 1.29 bits per heavy atom. The van der Waals surface area contributed by atoms with Crippen LogP contribution in [0.1, 0.15) is 53.0 Å². The maximum Gasteiger partial charge on any atom is 0.410 e. The van der Waals surface area contributed by atoms with E-state index in [0.29, 0.717) is 16.6 Å². The topological polar surface area (TPSA) is 77.0 Å². The lowest BCUT2D eigenvalue weighted by molar-refractivity contribution is -0.172. The molecule has 4 heterocycles. The van der Waals surface area contributed by atoms with Crippen molar-refractivity contribution < 1.29 is 22.5 Å². The molecular weight excluding hydrogens is 375 g/mol. The van der Waals surface area contributed by atoms with Gasteiger partial charge in [0, 0.05) is 24.2 Å². The minimum Gasteiger partial charge on any atom is -0.336 e. The first-order chi connectivity index (χ1) is 13.3. The Bertz CT molecular complexity index is 1080. The highest BCUT2D eigenvalue weighted by atomic mass is 19.4. The summed E-state index contributed by atoms with van der Waals surface area (Å²) < 4.78 is 46.1. The second kappa shape index (κ2) is 5.79. The van der Waals surface area contributed by atoms with E-state index in [0.717, 1.165) is 23.2 Å². The molecule has 0 radical (unpaired) electrons. The van der Waals surface area contributed by atoms with E-state index in [1.807, 2.05) is 0 Å². The molecule has 2 aliphatic rings. The molecule has 3 aromatic heterocycles. The molecular formula is C18H16F3N5O2. The average molecular weight is 391 g/mol. The summed E-state index contributed by atoms with van der Waals surface area (Å²) in [6, 6.07) is 1.41. The summed E-state index contributed by atoms with van der Waals surface area (Å²) in [4.78, 5) is 19.2. The van der Waals surface area contributed by atoms with Crippen molar-refractivity contribution in [3.8, 4) is 0 Å². The Balaban J connectivity index is 1.60. The van der Waals surface area contributed by atoms with Crippen LogP contribution in [0.25, 0.3) is 11.1 Å². The van der Waals surface area contributed by atoms with Gasteiger partial charge in [-0.15, -0.1) is 0 Å². The average Bonchev–Trinajstić information content (AvgIpc) is 3.28. The summed E-state index contributed by atoms with van der Waals surface area (Å²) in [5.74, 6) is 0.0106. The lowest BCUT2D eigenvalue weighted by atomic mass is 10.1. The van der Waals surface area contributed by atoms with E-state index in [1.165, 1.54) is 17.2 Å². The number of nitrogens with zero attached hydrogens (tertiary/aromatic N) is 5. The number of hydrogen-bond donors (Lipinski definition) is 0. The molecule has 0 aromatic carbocycles. The molecule has 1 amide bonds. The molecule has 3 aromatic rings. The minimum absolute atomic E-state index is 0.0540. The van der Waals surface area contributed by atoms with Gasteiger partial charge in [0.15, 0.2) is 6.04 Å². The van der Waals surface area contributed by atoms with Gasteiger partial charge >= 0.3 is 6.18 Å². The first kappa shape index (κ1) is 17.2. The van der Waals surface area contributed by atoms with Crippen molar-refractivity contribution in [2.24, 2.45) is 0 Å². The van der Waals surface area contributed by atoms with Crippen molar-refractivity contribution in [2.45, 2.75) is 44.3 Å². The zero-order valence-corrected chi connectivity index (χ0v) is 14.9. The number of amides is 1. The quantitative estimate of drug-likeness (QED) is 0.665.